The number of ether oxygens (including phenoxy) is 2. The number of benzene rings is 6. The van der Waals surface area contributed by atoms with E-state index in [1.165, 1.54) is 42.0 Å². The molecule has 99 heavy (non-hydrogen) atoms. The predicted molar refractivity (Wildman–Crippen MR) is 376 cm³/mol. The van der Waals surface area contributed by atoms with Crippen molar-refractivity contribution in [2.45, 2.75) is 38.5 Å². The number of carbonyl (C=O) groups is 3. The number of fused-ring (bicyclic) bond motifs is 3. The van der Waals surface area contributed by atoms with E-state index in [-0.39, 0.29) is 39.6 Å². The minimum atomic E-state index is -0.572. The maximum Gasteiger partial charge on any atom is 0.252 e. The molecule has 0 atom stereocenters. The average Bonchev–Trinajstić information content (AvgIpc) is 1.12. The zero-order valence-corrected chi connectivity index (χ0v) is 55.7. The fourth-order valence-corrected chi connectivity index (χ4v) is 10.8. The van der Waals surface area contributed by atoms with Crippen molar-refractivity contribution in [3.05, 3.63) is 226 Å². The zero-order valence-electron chi connectivity index (χ0n) is 53.5. The standard InChI is InChI=1S/C25H25FN6O2.C21H17ClFN5O.C15H7Cl2FN2O.C6H11N3.C4H9NO/c26-20-6-3-18(4-7-20)23-24(32-10-12-34-13-11-32)31-21-8-5-19(14-22(21)30-23)25(33)27-9-1-2-17-15-28-29-16-17;22-20-19(14-3-6-16(23)7-4-14)27-18-10-15(5-8-17(18)28-20)21(29)24-9-1-2-13-11-25-26-12-13;16-14-13(8-1-4-10(18)5-2-8)19-12-7-9(15(17)21)3-6-11(12)20-14;7-3-1-2-6-4-8-9-5-6;1-3-6-4-2-5-1/h3-8,14-16H,1-2,9-13H2,(H,27,33)(H,28,29);3-8,10-12H,1-2,9H2,(H,24,29)(H,25,26);1-7H;4-5H,1-3,7H2,(H,8,9);5H,1-4H2. The van der Waals surface area contributed by atoms with Crippen molar-refractivity contribution >= 4 is 90.8 Å². The summed E-state index contributed by atoms with van der Waals surface area (Å²) in [6.45, 7) is 8.33. The van der Waals surface area contributed by atoms with Gasteiger partial charge in [0.25, 0.3) is 17.1 Å². The van der Waals surface area contributed by atoms with Crippen LogP contribution in [-0.4, -0.2) is 150 Å². The first-order valence-corrected chi connectivity index (χ1v) is 32.9. The third kappa shape index (κ3) is 21.0. The van der Waals surface area contributed by atoms with Crippen LogP contribution in [0.3, 0.4) is 0 Å². The van der Waals surface area contributed by atoms with E-state index in [2.05, 4.69) is 71.4 Å². The van der Waals surface area contributed by atoms with E-state index in [0.717, 1.165) is 93.9 Å². The van der Waals surface area contributed by atoms with Gasteiger partial charge >= 0.3 is 0 Å². The van der Waals surface area contributed by atoms with Crippen LogP contribution >= 0.6 is 34.8 Å². The molecule has 2 aliphatic heterocycles. The number of H-pyrrole nitrogens is 3. The molecule has 2 amide bonds. The molecule has 6 aromatic carbocycles. The number of nitrogens with two attached hydrogens (primary N) is 1. The molecular formula is C71H69Cl3F3N17O5. The van der Waals surface area contributed by atoms with Crippen LogP contribution in [0.25, 0.3) is 66.9 Å². The van der Waals surface area contributed by atoms with Gasteiger partial charge in [-0.1, -0.05) is 23.2 Å². The molecule has 6 aromatic heterocycles. The Hall–Kier alpha value is -10.1. The third-order valence-corrected chi connectivity index (χ3v) is 16.1. The number of halogens is 6. The second-order valence-electron chi connectivity index (χ2n) is 22.4. The van der Waals surface area contributed by atoms with E-state index in [1.54, 1.807) is 97.3 Å². The second kappa shape index (κ2) is 36.5. The Bertz CT molecular complexity index is 4560. The van der Waals surface area contributed by atoms with Gasteiger partial charge in [0.15, 0.2) is 16.1 Å². The predicted octanol–water partition coefficient (Wildman–Crippen LogP) is 11.9. The van der Waals surface area contributed by atoms with Crippen molar-refractivity contribution in [3.8, 4) is 33.8 Å². The number of nitrogens with zero attached hydrogens (tertiary/aromatic N) is 10. The highest BCUT2D eigenvalue weighted by molar-refractivity contribution is 6.67. The second-order valence-corrected chi connectivity index (χ2v) is 23.5. The number of aromatic amines is 3. The maximum atomic E-state index is 13.5. The Morgan fingerprint density at radius 1 is 0.475 bits per heavy atom. The van der Waals surface area contributed by atoms with E-state index >= 15 is 0 Å². The number of aryl methyl sites for hydroxylation is 3. The molecule has 510 valence electrons. The Balaban J connectivity index is 0.000000147. The van der Waals surface area contributed by atoms with Crippen molar-refractivity contribution in [1.29, 1.82) is 0 Å². The normalized spacial score (nSPS) is 12.6. The van der Waals surface area contributed by atoms with E-state index in [9.17, 15) is 27.6 Å². The number of aromatic nitrogens is 12. The molecule has 0 unspecified atom stereocenters. The largest absolute Gasteiger partial charge is 0.379 e. The Morgan fingerprint density at radius 3 is 1.24 bits per heavy atom. The first-order valence-electron chi connectivity index (χ1n) is 31.8. The number of hydrogen-bond acceptors (Lipinski definition) is 17. The molecule has 0 aliphatic carbocycles. The lowest BCUT2D eigenvalue weighted by molar-refractivity contribution is 0.0945. The summed E-state index contributed by atoms with van der Waals surface area (Å²) in [6, 6.07) is 33.0. The van der Waals surface area contributed by atoms with Crippen molar-refractivity contribution in [2.75, 3.05) is 77.1 Å². The molecule has 28 heteroatoms. The molecule has 0 radical (unpaired) electrons. The van der Waals surface area contributed by atoms with Crippen LogP contribution in [0, 0.1) is 17.5 Å². The van der Waals surface area contributed by atoms with Crippen LogP contribution in [-0.2, 0) is 28.7 Å². The van der Waals surface area contributed by atoms with Crippen LogP contribution in [0.15, 0.2) is 165 Å². The smallest absolute Gasteiger partial charge is 0.252 e. The van der Waals surface area contributed by atoms with Gasteiger partial charge in [-0.05, 0) is 201 Å². The van der Waals surface area contributed by atoms with Gasteiger partial charge in [0.2, 0.25) is 0 Å². The fraction of sp³-hybridized carbons (Fsp3) is 0.239. The lowest BCUT2D eigenvalue weighted by Crippen LogP contribution is -2.37. The number of hydrogen-bond donors (Lipinski definition) is 7. The maximum absolute atomic E-state index is 13.5. The zero-order chi connectivity index (χ0) is 69.3. The molecule has 8 heterocycles. The highest BCUT2D eigenvalue weighted by atomic mass is 35.5. The van der Waals surface area contributed by atoms with Crippen LogP contribution < -0.4 is 26.6 Å². The van der Waals surface area contributed by atoms with Crippen molar-refractivity contribution in [3.63, 3.8) is 0 Å². The number of rotatable bonds is 18. The van der Waals surface area contributed by atoms with Gasteiger partial charge in [0.1, 0.15) is 34.5 Å². The van der Waals surface area contributed by atoms with Gasteiger partial charge in [-0.2, -0.15) is 15.3 Å². The van der Waals surface area contributed by atoms with Gasteiger partial charge in [0, 0.05) is 91.2 Å². The number of nitrogens with one attached hydrogen (secondary N) is 6. The van der Waals surface area contributed by atoms with Crippen LogP contribution in [0.2, 0.25) is 10.3 Å². The topological polar surface area (TPSA) is 298 Å². The first-order chi connectivity index (χ1) is 48.2. The van der Waals surface area contributed by atoms with Gasteiger partial charge in [-0.3, -0.25) is 29.7 Å². The van der Waals surface area contributed by atoms with Gasteiger partial charge < -0.3 is 36.1 Å². The number of anilines is 1. The lowest BCUT2D eigenvalue weighted by atomic mass is 10.1. The van der Waals surface area contributed by atoms with E-state index in [1.807, 2.05) is 30.9 Å². The van der Waals surface area contributed by atoms with Crippen molar-refractivity contribution in [1.82, 2.24) is 76.4 Å². The summed E-state index contributed by atoms with van der Waals surface area (Å²) in [7, 11) is 0. The van der Waals surface area contributed by atoms with E-state index in [0.29, 0.717) is 117 Å². The molecule has 0 spiro atoms. The monoisotopic (exact) mass is 1400 g/mol. The lowest BCUT2D eigenvalue weighted by Gasteiger charge is -2.29. The Labute approximate surface area is 582 Å². The number of morpholine rings is 2. The minimum Gasteiger partial charge on any atom is -0.379 e. The number of carbonyl (C=O) groups excluding carboxylic acids is 3. The summed E-state index contributed by atoms with van der Waals surface area (Å²) < 4.78 is 50.2. The summed E-state index contributed by atoms with van der Waals surface area (Å²) in [6.07, 6.45) is 16.4. The quantitative estimate of drug-likeness (QED) is 0.0310. The molecule has 2 fully saturated rings. The molecule has 0 bridgehead atoms. The van der Waals surface area contributed by atoms with Crippen LogP contribution in [0.4, 0.5) is 19.0 Å². The molecule has 12 aromatic rings. The molecular weight excluding hydrogens is 1330 g/mol. The summed E-state index contributed by atoms with van der Waals surface area (Å²) >= 11 is 17.8. The molecule has 0 saturated carbocycles. The van der Waals surface area contributed by atoms with E-state index in [4.69, 9.17) is 60.0 Å². The molecule has 8 N–H and O–H groups in total. The van der Waals surface area contributed by atoms with Gasteiger partial charge in [-0.25, -0.2) is 43.1 Å². The summed E-state index contributed by atoms with van der Waals surface area (Å²) in [5.74, 6) is -0.601. The summed E-state index contributed by atoms with van der Waals surface area (Å²) in [5, 5.41) is 28.8. The highest BCUT2D eigenvalue weighted by Gasteiger charge is 2.22. The fourth-order valence-electron chi connectivity index (χ4n) is 10.2. The van der Waals surface area contributed by atoms with Crippen molar-refractivity contribution in [2.24, 2.45) is 5.73 Å². The van der Waals surface area contributed by atoms with Crippen LogP contribution in [0.1, 0.15) is 67.0 Å². The van der Waals surface area contributed by atoms with Gasteiger partial charge in [0.05, 0.1) is 78.1 Å². The summed E-state index contributed by atoms with van der Waals surface area (Å²) in [5.41, 5.74) is 17.2. The van der Waals surface area contributed by atoms with Gasteiger partial charge in [-0.15, -0.1) is 0 Å². The minimum absolute atomic E-state index is 0.156. The summed E-state index contributed by atoms with van der Waals surface area (Å²) in [4.78, 5) is 65.8. The average molecular weight is 1400 g/mol. The molecule has 14 rings (SSSR count). The van der Waals surface area contributed by atoms with Crippen molar-refractivity contribution < 1.29 is 37.0 Å². The molecule has 22 nitrogen and oxygen atoms in total. The molecule has 2 aliphatic rings. The first kappa shape index (κ1) is 71.6. The SMILES string of the molecule is C1COCCN1.NCCCc1cn[nH]c1.O=C(Cl)c1ccc2nc(Cl)c(-c3ccc(F)cc3)nc2c1.O=C(NCCCc1cn[nH]c1)c1ccc2nc(Cl)c(-c3ccc(F)cc3)nc2c1.O=C(NCCCc1cn[nH]c1)c1ccc2nc(N3CCOCC3)c(-c3ccc(F)cc3)nc2c1. The van der Waals surface area contributed by atoms with Crippen LogP contribution in [0.5, 0.6) is 0 Å². The number of amides is 2. The highest BCUT2D eigenvalue weighted by Crippen LogP contribution is 2.32. The Morgan fingerprint density at radius 2 is 0.859 bits per heavy atom. The molecule has 2 saturated heterocycles. The van der Waals surface area contributed by atoms with E-state index < -0.39 is 5.24 Å². The third-order valence-electron chi connectivity index (χ3n) is 15.3. The Kier molecular flexibility index (Phi) is 26.4.